The molecule has 0 spiro atoms. The lowest BCUT2D eigenvalue weighted by atomic mass is 9.95. The van der Waals surface area contributed by atoms with E-state index in [0.717, 1.165) is 22.5 Å². The molecule has 3 heterocycles. The maximum absolute atomic E-state index is 13.0. The summed E-state index contributed by atoms with van der Waals surface area (Å²) in [5, 5.41) is 15.7. The first-order valence-corrected chi connectivity index (χ1v) is 14.4. The number of fused-ring (bicyclic) bond motifs is 1. The first-order valence-electron chi connectivity index (χ1n) is 14.4. The molecule has 10 heteroatoms. The number of aliphatic hydroxyl groups excluding tert-OH is 1. The van der Waals surface area contributed by atoms with Crippen LogP contribution in [0.3, 0.4) is 0 Å². The molecule has 1 aliphatic carbocycles. The third-order valence-electron chi connectivity index (χ3n) is 7.72. The van der Waals surface area contributed by atoms with Gasteiger partial charge in [-0.25, -0.2) is 15.0 Å². The van der Waals surface area contributed by atoms with Crippen LogP contribution in [-0.2, 0) is 11.3 Å². The number of pyridine rings is 2. The third kappa shape index (κ3) is 5.13. The summed E-state index contributed by atoms with van der Waals surface area (Å²) in [6.45, 7) is 3.79. The number of nitrogen functional groups attached to an aromatic ring is 1. The summed E-state index contributed by atoms with van der Waals surface area (Å²) in [4.78, 5) is 39.1. The van der Waals surface area contributed by atoms with Crippen LogP contribution in [0.4, 0.5) is 11.5 Å². The number of nitrogens with one attached hydrogen (secondary N) is 2. The lowest BCUT2D eigenvalue weighted by molar-refractivity contribution is -0.113. The van der Waals surface area contributed by atoms with E-state index in [9.17, 15) is 14.7 Å². The van der Waals surface area contributed by atoms with E-state index in [4.69, 9.17) is 15.7 Å². The van der Waals surface area contributed by atoms with E-state index < -0.39 is 0 Å². The van der Waals surface area contributed by atoms with Gasteiger partial charge in [0.25, 0.3) is 5.91 Å². The molecule has 0 fully saturated rings. The number of allylic oxidation sites excluding steroid dienone is 2. The summed E-state index contributed by atoms with van der Waals surface area (Å²) in [5.41, 5.74) is 12.9. The molecule has 5 N–H and O–H groups in total. The van der Waals surface area contributed by atoms with Crippen molar-refractivity contribution >= 4 is 34.4 Å². The van der Waals surface area contributed by atoms with Crippen LogP contribution in [0.25, 0.3) is 39.5 Å². The maximum atomic E-state index is 13.0. The van der Waals surface area contributed by atoms with E-state index in [1.807, 2.05) is 83.4 Å². The van der Waals surface area contributed by atoms with Crippen LogP contribution in [0.5, 0.6) is 0 Å². The van der Waals surface area contributed by atoms with Crippen LogP contribution in [0, 0.1) is 0 Å². The van der Waals surface area contributed by atoms with Crippen molar-refractivity contribution in [2.45, 2.75) is 6.54 Å². The highest BCUT2D eigenvalue weighted by atomic mass is 16.3. The third-order valence-corrected chi connectivity index (χ3v) is 7.72. The summed E-state index contributed by atoms with van der Waals surface area (Å²) in [5.74, 6) is 0.158. The van der Waals surface area contributed by atoms with Crippen molar-refractivity contribution in [1.29, 1.82) is 0 Å². The summed E-state index contributed by atoms with van der Waals surface area (Å²) in [6, 6.07) is 32.0. The highest BCUT2D eigenvalue weighted by Crippen LogP contribution is 2.32. The minimum absolute atomic E-state index is 0.0641. The SMILES string of the molecule is C=C1C(=O)C(Nc2cccc(C(=O)NCc3ccc(-n4c(-c5cccnc5N)nc5ccc(-c6ccccc6)nc54)cc3)c2)=C1O. The van der Waals surface area contributed by atoms with Crippen molar-refractivity contribution in [3.8, 4) is 28.3 Å². The molecule has 0 saturated carbocycles. The second-order valence-corrected chi connectivity index (χ2v) is 10.7. The number of hydrogen-bond acceptors (Lipinski definition) is 8. The summed E-state index contributed by atoms with van der Waals surface area (Å²) < 4.78 is 1.96. The van der Waals surface area contributed by atoms with Crippen molar-refractivity contribution in [2.24, 2.45) is 0 Å². The number of carbonyl (C=O) groups excluding carboxylic acids is 2. The molecule has 3 aromatic carbocycles. The Bertz CT molecular complexity index is 2200. The number of carbonyl (C=O) groups is 2. The number of imidazole rings is 1. The van der Waals surface area contributed by atoms with E-state index in [1.165, 1.54) is 0 Å². The van der Waals surface area contributed by atoms with Crippen LogP contribution in [0.15, 0.2) is 133 Å². The fourth-order valence-electron chi connectivity index (χ4n) is 5.26. The number of ketones is 1. The molecule has 3 aromatic heterocycles. The zero-order valence-electron chi connectivity index (χ0n) is 24.4. The molecule has 0 saturated heterocycles. The Morgan fingerprint density at radius 2 is 1.72 bits per heavy atom. The van der Waals surface area contributed by atoms with Gasteiger partial charge in [0.05, 0.1) is 16.8 Å². The van der Waals surface area contributed by atoms with Crippen molar-refractivity contribution in [2.75, 3.05) is 11.1 Å². The van der Waals surface area contributed by atoms with Crippen molar-refractivity contribution in [3.63, 3.8) is 0 Å². The molecule has 7 rings (SSSR count). The Morgan fingerprint density at radius 3 is 2.48 bits per heavy atom. The lowest BCUT2D eigenvalue weighted by Gasteiger charge is -2.21. The molecule has 0 unspecified atom stereocenters. The molecule has 0 atom stereocenters. The normalized spacial score (nSPS) is 12.7. The fourth-order valence-corrected chi connectivity index (χ4v) is 5.26. The van der Waals surface area contributed by atoms with Crippen molar-refractivity contribution in [3.05, 3.63) is 144 Å². The average Bonchev–Trinajstić information content (AvgIpc) is 3.48. The quantitative estimate of drug-likeness (QED) is 0.155. The van der Waals surface area contributed by atoms with Gasteiger partial charge in [-0.2, -0.15) is 0 Å². The predicted octanol–water partition coefficient (Wildman–Crippen LogP) is 5.98. The zero-order chi connectivity index (χ0) is 31.8. The first-order chi connectivity index (χ1) is 22.4. The number of nitrogens with zero attached hydrogens (tertiary/aromatic N) is 4. The number of anilines is 2. The van der Waals surface area contributed by atoms with Gasteiger partial charge in [0.1, 0.15) is 17.0 Å². The van der Waals surface area contributed by atoms with Crippen LogP contribution in [0.1, 0.15) is 15.9 Å². The fraction of sp³-hybridized carbons (Fsp3) is 0.0278. The van der Waals surface area contributed by atoms with Crippen LogP contribution in [0.2, 0.25) is 0 Å². The average molecular weight is 606 g/mol. The number of amides is 1. The molecule has 6 aromatic rings. The number of aromatic nitrogens is 4. The number of Topliss-reactive ketones (excluding diaryl/α,β-unsaturated/α-hetero) is 1. The Kier molecular flexibility index (Phi) is 7.06. The molecule has 0 bridgehead atoms. The van der Waals surface area contributed by atoms with E-state index in [2.05, 4.69) is 22.2 Å². The number of hydrogen-bond donors (Lipinski definition) is 4. The Labute approximate surface area is 263 Å². The highest BCUT2D eigenvalue weighted by molar-refractivity contribution is 6.20. The summed E-state index contributed by atoms with van der Waals surface area (Å²) in [6.07, 6.45) is 1.64. The first kappa shape index (κ1) is 28.2. The van der Waals surface area contributed by atoms with Crippen LogP contribution >= 0.6 is 0 Å². The Hall–Kier alpha value is -6.55. The largest absolute Gasteiger partial charge is 0.505 e. The topological polar surface area (TPSA) is 148 Å². The number of benzene rings is 3. The molecule has 224 valence electrons. The highest BCUT2D eigenvalue weighted by Gasteiger charge is 2.32. The van der Waals surface area contributed by atoms with Gasteiger partial charge < -0.3 is 21.5 Å². The van der Waals surface area contributed by atoms with Gasteiger partial charge in [-0.05, 0) is 60.2 Å². The number of nitrogens with two attached hydrogens (primary N) is 1. The minimum Gasteiger partial charge on any atom is -0.505 e. The van der Waals surface area contributed by atoms with Gasteiger partial charge in [-0.3, -0.25) is 14.2 Å². The van der Waals surface area contributed by atoms with Gasteiger partial charge in [-0.1, -0.05) is 55.1 Å². The molecule has 0 aliphatic heterocycles. The van der Waals surface area contributed by atoms with Crippen molar-refractivity contribution in [1.82, 2.24) is 24.8 Å². The Morgan fingerprint density at radius 1 is 0.913 bits per heavy atom. The second-order valence-electron chi connectivity index (χ2n) is 10.7. The number of rotatable bonds is 8. The summed E-state index contributed by atoms with van der Waals surface area (Å²) in [7, 11) is 0. The van der Waals surface area contributed by atoms with Gasteiger partial charge >= 0.3 is 0 Å². The van der Waals surface area contributed by atoms with Gasteiger partial charge in [0, 0.05) is 35.2 Å². The van der Waals surface area contributed by atoms with E-state index in [1.54, 1.807) is 30.5 Å². The summed E-state index contributed by atoms with van der Waals surface area (Å²) >= 11 is 0. The molecule has 1 amide bonds. The van der Waals surface area contributed by atoms with E-state index >= 15 is 0 Å². The second kappa shape index (κ2) is 11.5. The molecule has 46 heavy (non-hydrogen) atoms. The lowest BCUT2D eigenvalue weighted by Crippen LogP contribution is -2.27. The van der Waals surface area contributed by atoms with E-state index in [0.29, 0.717) is 39.6 Å². The maximum Gasteiger partial charge on any atom is 0.251 e. The minimum atomic E-state index is -0.358. The van der Waals surface area contributed by atoms with Gasteiger partial charge in [0.2, 0.25) is 5.78 Å². The van der Waals surface area contributed by atoms with Crippen molar-refractivity contribution < 1.29 is 14.7 Å². The monoisotopic (exact) mass is 605 g/mol. The number of aliphatic hydroxyl groups is 1. The standard InChI is InChI=1S/C36H27N7O3/c1-21-31(44)30(32(21)45)40-25-10-5-9-24(19-25)36(46)39-20-22-12-14-26(15-13-22)43-34(27-11-6-18-38-33(27)37)42-29-17-16-28(41-35(29)43)23-7-3-2-4-8-23/h2-19,40,44H,1,20H2,(H2,37,38)(H,39,46). The molecular weight excluding hydrogens is 578 g/mol. The molecule has 1 aliphatic rings. The molecule has 10 nitrogen and oxygen atoms in total. The van der Waals surface area contributed by atoms with Crippen LogP contribution < -0.4 is 16.4 Å². The smallest absolute Gasteiger partial charge is 0.251 e. The molecule has 0 radical (unpaired) electrons. The van der Waals surface area contributed by atoms with Crippen LogP contribution in [-0.4, -0.2) is 36.3 Å². The van der Waals surface area contributed by atoms with Gasteiger partial charge in [-0.15, -0.1) is 0 Å². The molecular formula is C36H27N7O3. The predicted molar refractivity (Wildman–Crippen MR) is 177 cm³/mol. The van der Waals surface area contributed by atoms with E-state index in [-0.39, 0.29) is 35.3 Å². The zero-order valence-corrected chi connectivity index (χ0v) is 24.4. The Balaban J connectivity index is 1.15. The van der Waals surface area contributed by atoms with Gasteiger partial charge in [0.15, 0.2) is 17.2 Å².